The number of amides is 2. The normalized spacial score (nSPS) is 13.6. The van der Waals surface area contributed by atoms with Gasteiger partial charge in [0, 0.05) is 29.9 Å². The predicted octanol–water partition coefficient (Wildman–Crippen LogP) is 4.07. The topological polar surface area (TPSA) is 84.3 Å². The summed E-state index contributed by atoms with van der Waals surface area (Å²) in [6, 6.07) is 15.1. The van der Waals surface area contributed by atoms with E-state index >= 15 is 0 Å². The third-order valence-electron chi connectivity index (χ3n) is 5.44. The Morgan fingerprint density at radius 3 is 2.41 bits per heavy atom. The molecular weight excluding hydrogens is 428 g/mol. The largest absolute Gasteiger partial charge is 0.339 e. The number of hydrogen-bond acceptors (Lipinski definition) is 4. The number of likely N-dealkylation sites (tertiary alicyclic amines) is 1. The molecule has 1 aliphatic rings. The highest BCUT2D eigenvalue weighted by Gasteiger charge is 2.23. The van der Waals surface area contributed by atoms with Crippen LogP contribution < -0.4 is 10.7 Å². The highest BCUT2D eigenvalue weighted by molar-refractivity contribution is 6.30. The summed E-state index contributed by atoms with van der Waals surface area (Å²) in [6.45, 7) is 3.14. The van der Waals surface area contributed by atoms with Crippen LogP contribution >= 0.6 is 11.6 Å². The highest BCUT2D eigenvalue weighted by atomic mass is 35.5. The van der Waals surface area contributed by atoms with Crippen molar-refractivity contribution < 1.29 is 9.59 Å². The summed E-state index contributed by atoms with van der Waals surface area (Å²) in [6.07, 6.45) is 3.05. The highest BCUT2D eigenvalue weighted by Crippen LogP contribution is 2.21. The van der Waals surface area contributed by atoms with Crippen molar-refractivity contribution in [1.29, 1.82) is 0 Å². The van der Waals surface area contributed by atoms with Crippen LogP contribution in [0.2, 0.25) is 5.02 Å². The lowest BCUT2D eigenvalue weighted by Gasteiger charge is -2.27. The van der Waals surface area contributed by atoms with Gasteiger partial charge >= 0.3 is 0 Å². The average Bonchev–Trinajstić information content (AvgIpc) is 2.80. The first-order valence-corrected chi connectivity index (χ1v) is 10.9. The first-order valence-electron chi connectivity index (χ1n) is 10.5. The van der Waals surface area contributed by atoms with Crippen LogP contribution in [0.1, 0.15) is 45.8 Å². The van der Waals surface area contributed by atoms with E-state index in [1.165, 1.54) is 10.7 Å². The molecule has 4 rings (SSSR count). The molecule has 2 amide bonds. The molecule has 1 aromatic heterocycles. The Labute approximate surface area is 190 Å². The molecule has 7 nitrogen and oxygen atoms in total. The summed E-state index contributed by atoms with van der Waals surface area (Å²) in [5, 5.41) is 7.57. The van der Waals surface area contributed by atoms with E-state index in [-0.39, 0.29) is 11.6 Å². The van der Waals surface area contributed by atoms with E-state index in [9.17, 15) is 14.4 Å². The molecule has 8 heteroatoms. The lowest BCUT2D eigenvalue weighted by Crippen LogP contribution is -2.36. The van der Waals surface area contributed by atoms with Gasteiger partial charge in [0.15, 0.2) is 5.69 Å². The number of piperidine rings is 1. The Morgan fingerprint density at radius 1 is 1.00 bits per heavy atom. The van der Waals surface area contributed by atoms with Crippen molar-refractivity contribution in [1.82, 2.24) is 14.7 Å². The smallest absolute Gasteiger partial charge is 0.280 e. The van der Waals surface area contributed by atoms with Gasteiger partial charge in [0.2, 0.25) is 5.43 Å². The minimum atomic E-state index is -0.670. The maximum absolute atomic E-state index is 13.0. The molecule has 0 spiro atoms. The van der Waals surface area contributed by atoms with Crippen LogP contribution in [0.3, 0.4) is 0 Å². The van der Waals surface area contributed by atoms with Crippen LogP contribution in [0.15, 0.2) is 59.4 Å². The third-order valence-corrected chi connectivity index (χ3v) is 5.69. The number of carbonyl (C=O) groups is 2. The standard InChI is InChI=1S/C24H23ClN4O3/c1-16-15-21(30)22(27-29(16)18-11-9-17(25)10-12-18)23(31)26-20-8-4-3-7-19(20)24(32)28-13-5-2-6-14-28/h3-4,7-12,15H,2,5-6,13-14H2,1H3,(H,26,31). The number of hydrogen-bond donors (Lipinski definition) is 1. The van der Waals surface area contributed by atoms with Crippen molar-refractivity contribution in [3.63, 3.8) is 0 Å². The van der Waals surface area contributed by atoms with Gasteiger partial charge < -0.3 is 10.2 Å². The number of carbonyl (C=O) groups excluding carboxylic acids is 2. The molecule has 1 saturated heterocycles. The zero-order valence-electron chi connectivity index (χ0n) is 17.7. The van der Waals surface area contributed by atoms with E-state index < -0.39 is 11.3 Å². The fraction of sp³-hybridized carbons (Fsp3) is 0.250. The van der Waals surface area contributed by atoms with E-state index in [0.717, 1.165) is 19.3 Å². The first kappa shape index (κ1) is 21.8. The molecule has 164 valence electrons. The van der Waals surface area contributed by atoms with E-state index in [1.807, 2.05) is 0 Å². The van der Waals surface area contributed by atoms with Gasteiger partial charge in [-0.3, -0.25) is 14.4 Å². The van der Waals surface area contributed by atoms with Gasteiger partial charge in [0.25, 0.3) is 11.8 Å². The molecule has 0 aliphatic carbocycles. The minimum Gasteiger partial charge on any atom is -0.339 e. The number of para-hydroxylation sites is 1. The van der Waals surface area contributed by atoms with Crippen LogP contribution in [-0.4, -0.2) is 39.6 Å². The number of nitrogens with one attached hydrogen (secondary N) is 1. The quantitative estimate of drug-likeness (QED) is 0.649. The zero-order valence-corrected chi connectivity index (χ0v) is 18.4. The third kappa shape index (κ3) is 4.57. The van der Waals surface area contributed by atoms with Crippen molar-refractivity contribution in [3.05, 3.63) is 86.8 Å². The Hall–Kier alpha value is -3.45. The second kappa shape index (κ2) is 9.36. The van der Waals surface area contributed by atoms with Gasteiger partial charge in [-0.1, -0.05) is 23.7 Å². The van der Waals surface area contributed by atoms with E-state index in [4.69, 9.17) is 11.6 Å². The summed E-state index contributed by atoms with van der Waals surface area (Å²) < 4.78 is 1.51. The molecule has 2 heterocycles. The summed E-state index contributed by atoms with van der Waals surface area (Å²) in [7, 11) is 0. The lowest BCUT2D eigenvalue weighted by atomic mass is 10.1. The van der Waals surface area contributed by atoms with Crippen LogP contribution in [0.5, 0.6) is 0 Å². The maximum Gasteiger partial charge on any atom is 0.280 e. The molecule has 0 bridgehead atoms. The van der Waals surface area contributed by atoms with E-state index in [2.05, 4.69) is 10.4 Å². The summed E-state index contributed by atoms with van der Waals surface area (Å²) in [4.78, 5) is 40.3. The average molecular weight is 451 g/mol. The summed E-state index contributed by atoms with van der Waals surface area (Å²) >= 11 is 5.96. The number of halogens is 1. The van der Waals surface area contributed by atoms with Crippen molar-refractivity contribution in [3.8, 4) is 5.69 Å². The Morgan fingerprint density at radius 2 is 1.69 bits per heavy atom. The molecule has 1 aliphatic heterocycles. The molecule has 2 aromatic carbocycles. The van der Waals surface area contributed by atoms with Gasteiger partial charge in [-0.15, -0.1) is 0 Å². The number of anilines is 1. The number of aromatic nitrogens is 2. The van der Waals surface area contributed by atoms with Crippen molar-refractivity contribution in [2.75, 3.05) is 18.4 Å². The van der Waals surface area contributed by atoms with Crippen LogP contribution in [0.4, 0.5) is 5.69 Å². The fourth-order valence-electron chi connectivity index (χ4n) is 3.78. The fourth-order valence-corrected chi connectivity index (χ4v) is 3.90. The Balaban J connectivity index is 1.64. The van der Waals surface area contributed by atoms with Crippen LogP contribution in [-0.2, 0) is 0 Å². The van der Waals surface area contributed by atoms with Crippen molar-refractivity contribution in [2.45, 2.75) is 26.2 Å². The van der Waals surface area contributed by atoms with Gasteiger partial charge in [-0.2, -0.15) is 5.10 Å². The van der Waals surface area contributed by atoms with E-state index in [0.29, 0.717) is 40.7 Å². The zero-order chi connectivity index (χ0) is 22.7. The molecule has 0 atom stereocenters. The Bertz CT molecular complexity index is 1210. The Kier molecular flexibility index (Phi) is 6.37. The van der Waals surface area contributed by atoms with Crippen LogP contribution in [0, 0.1) is 6.92 Å². The number of benzene rings is 2. The van der Waals surface area contributed by atoms with Gasteiger partial charge in [0.05, 0.1) is 16.9 Å². The van der Waals surface area contributed by atoms with Gasteiger partial charge in [-0.05, 0) is 62.6 Å². The molecule has 1 N–H and O–H groups in total. The summed E-state index contributed by atoms with van der Waals surface area (Å²) in [5.41, 5.74) is 1.24. The number of aryl methyl sites for hydroxylation is 1. The second-order valence-corrected chi connectivity index (χ2v) is 8.18. The van der Waals surface area contributed by atoms with Gasteiger partial charge in [0.1, 0.15) is 0 Å². The van der Waals surface area contributed by atoms with Crippen LogP contribution in [0.25, 0.3) is 5.69 Å². The van der Waals surface area contributed by atoms with Crippen molar-refractivity contribution >= 4 is 29.1 Å². The minimum absolute atomic E-state index is 0.129. The van der Waals surface area contributed by atoms with E-state index in [1.54, 1.807) is 60.4 Å². The number of nitrogens with zero attached hydrogens (tertiary/aromatic N) is 3. The molecule has 3 aromatic rings. The molecule has 32 heavy (non-hydrogen) atoms. The second-order valence-electron chi connectivity index (χ2n) is 7.74. The monoisotopic (exact) mass is 450 g/mol. The molecule has 0 unspecified atom stereocenters. The number of rotatable bonds is 4. The molecule has 1 fully saturated rings. The SMILES string of the molecule is Cc1cc(=O)c(C(=O)Nc2ccccc2C(=O)N2CCCCC2)nn1-c1ccc(Cl)cc1. The van der Waals surface area contributed by atoms with Gasteiger partial charge in [-0.25, -0.2) is 4.68 Å². The molecular formula is C24H23ClN4O3. The van der Waals surface area contributed by atoms with Crippen molar-refractivity contribution in [2.24, 2.45) is 0 Å². The predicted molar refractivity (Wildman–Crippen MR) is 124 cm³/mol. The summed E-state index contributed by atoms with van der Waals surface area (Å²) in [5.74, 6) is -0.798. The molecule has 0 saturated carbocycles. The maximum atomic E-state index is 13.0. The lowest BCUT2D eigenvalue weighted by molar-refractivity contribution is 0.0725. The molecule has 0 radical (unpaired) electrons. The first-order chi connectivity index (χ1) is 15.4.